The molecule has 10 heteroatoms. The molecule has 5 aliphatic carbocycles. The van der Waals surface area contributed by atoms with Gasteiger partial charge in [0.25, 0.3) is 0 Å². The first kappa shape index (κ1) is 31.8. The number of nitrogens with zero attached hydrogens (tertiary/aromatic N) is 6. The minimum absolute atomic E-state index is 0.266. The van der Waals surface area contributed by atoms with Gasteiger partial charge in [-0.2, -0.15) is 29.9 Å². The first-order chi connectivity index (χ1) is 22.7. The highest BCUT2D eigenvalue weighted by atomic mass is 15.2. The van der Waals surface area contributed by atoms with Gasteiger partial charge in [-0.15, -0.1) is 0 Å². The average Bonchev–Trinajstić information content (AvgIpc) is 3.10. The van der Waals surface area contributed by atoms with E-state index >= 15 is 0 Å². The molecule has 5 fully saturated rings. The number of hydrogen-bond acceptors (Lipinski definition) is 10. The fourth-order valence-corrected chi connectivity index (χ4v) is 8.78. The summed E-state index contributed by atoms with van der Waals surface area (Å²) in [7, 11) is 0. The molecule has 0 radical (unpaired) electrons. The van der Waals surface area contributed by atoms with E-state index in [1.165, 1.54) is 128 Å². The van der Waals surface area contributed by atoms with E-state index in [-0.39, 0.29) is 11.8 Å². The number of rotatable bonds is 10. The van der Waals surface area contributed by atoms with E-state index in [1.54, 1.807) is 0 Å². The van der Waals surface area contributed by atoms with E-state index < -0.39 is 0 Å². The third-order valence-corrected chi connectivity index (χ3v) is 11.5. The van der Waals surface area contributed by atoms with Gasteiger partial charge in [-0.05, 0) is 70.6 Å². The van der Waals surface area contributed by atoms with Gasteiger partial charge in [0.05, 0.1) is 0 Å². The predicted octanol–water partition coefficient (Wildman–Crippen LogP) is 8.48. The maximum absolute atomic E-state index is 5.11. The van der Waals surface area contributed by atoms with Crippen LogP contribution in [0, 0.1) is 0 Å². The summed E-state index contributed by atoms with van der Waals surface area (Å²) in [6, 6.07) is 1.84. The molecule has 252 valence electrons. The van der Waals surface area contributed by atoms with Crippen LogP contribution in [-0.4, -0.2) is 54.1 Å². The molecule has 0 aliphatic heterocycles. The SMILES string of the molecule is C1CCC(Nc2nc(NC3CCCCC3)nc(C3CCCC(c4nc(NC5CCCCC5)nc(NC5CCCCC5)n4)C3)n2)CC1. The number of anilines is 4. The molecule has 5 aliphatic rings. The summed E-state index contributed by atoms with van der Waals surface area (Å²) >= 11 is 0. The van der Waals surface area contributed by atoms with Crippen molar-refractivity contribution in [2.24, 2.45) is 0 Å². The Kier molecular flexibility index (Phi) is 11.0. The van der Waals surface area contributed by atoms with Crippen LogP contribution >= 0.6 is 0 Å². The normalized spacial score (nSPS) is 26.0. The third kappa shape index (κ3) is 8.77. The van der Waals surface area contributed by atoms with Crippen molar-refractivity contribution < 1.29 is 0 Å². The van der Waals surface area contributed by atoms with Gasteiger partial charge >= 0.3 is 0 Å². The molecule has 5 saturated carbocycles. The molecule has 4 N–H and O–H groups in total. The molecule has 2 aromatic heterocycles. The minimum Gasteiger partial charge on any atom is -0.351 e. The highest BCUT2D eigenvalue weighted by molar-refractivity contribution is 5.39. The van der Waals surface area contributed by atoms with Crippen LogP contribution in [0.2, 0.25) is 0 Å². The van der Waals surface area contributed by atoms with Crippen molar-refractivity contribution in [1.29, 1.82) is 0 Å². The third-order valence-electron chi connectivity index (χ3n) is 11.5. The van der Waals surface area contributed by atoms with Crippen LogP contribution in [-0.2, 0) is 0 Å². The molecule has 10 nitrogen and oxygen atoms in total. The monoisotopic (exact) mass is 630 g/mol. The van der Waals surface area contributed by atoms with Gasteiger partial charge in [-0.1, -0.05) is 83.5 Å². The van der Waals surface area contributed by atoms with Gasteiger partial charge < -0.3 is 21.3 Å². The van der Waals surface area contributed by atoms with E-state index in [0.717, 1.165) is 61.1 Å². The summed E-state index contributed by atoms with van der Waals surface area (Å²) in [5.74, 6) is 5.44. The lowest BCUT2D eigenvalue weighted by Crippen LogP contribution is -2.28. The van der Waals surface area contributed by atoms with Crippen molar-refractivity contribution in [1.82, 2.24) is 29.9 Å². The lowest BCUT2D eigenvalue weighted by atomic mass is 9.80. The molecular formula is C36H58N10. The summed E-state index contributed by atoms with van der Waals surface area (Å²) in [5, 5.41) is 14.9. The lowest BCUT2D eigenvalue weighted by Gasteiger charge is -2.30. The molecular weight excluding hydrogens is 572 g/mol. The van der Waals surface area contributed by atoms with Gasteiger partial charge in [-0.25, -0.2) is 0 Å². The first-order valence-electron chi connectivity index (χ1n) is 19.3. The van der Waals surface area contributed by atoms with Gasteiger partial charge in [-0.3, -0.25) is 0 Å². The number of nitrogens with one attached hydrogen (secondary N) is 4. The van der Waals surface area contributed by atoms with E-state index in [1.807, 2.05) is 0 Å². The van der Waals surface area contributed by atoms with Crippen molar-refractivity contribution in [2.45, 2.75) is 190 Å². The second kappa shape index (κ2) is 15.9. The van der Waals surface area contributed by atoms with Gasteiger partial charge in [0, 0.05) is 36.0 Å². The molecule has 7 rings (SSSR count). The van der Waals surface area contributed by atoms with E-state index in [2.05, 4.69) is 21.3 Å². The highest BCUT2D eigenvalue weighted by Gasteiger charge is 2.31. The Morgan fingerprint density at radius 1 is 0.304 bits per heavy atom. The standard InChI is InChI=1S/C36H58N10/c1-5-16-27(17-6-1)37-33-41-31(42-34(45-33)38-28-18-7-2-8-19-28)25-14-13-15-26(24-25)32-43-35(39-29-20-9-3-10-21-29)46-36(44-32)40-30-22-11-4-12-23-30/h25-30H,1-24H2,(H2,37,38,41,42,45)(H2,39,40,43,44,46). The maximum atomic E-state index is 5.11. The zero-order valence-corrected chi connectivity index (χ0v) is 28.1. The quantitative estimate of drug-likeness (QED) is 0.203. The van der Waals surface area contributed by atoms with E-state index in [4.69, 9.17) is 29.9 Å². The van der Waals surface area contributed by atoms with Crippen LogP contribution in [0.1, 0.15) is 178 Å². The molecule has 2 heterocycles. The average molecular weight is 631 g/mol. The van der Waals surface area contributed by atoms with Crippen molar-refractivity contribution in [2.75, 3.05) is 21.3 Å². The smallest absolute Gasteiger partial charge is 0.227 e. The summed E-state index contributed by atoms with van der Waals surface area (Å²) < 4.78 is 0. The van der Waals surface area contributed by atoms with Crippen molar-refractivity contribution in [3.05, 3.63) is 11.6 Å². The molecule has 0 saturated heterocycles. The molecule has 2 aromatic rings. The summed E-state index contributed by atoms with van der Waals surface area (Å²) in [5.41, 5.74) is 0. The summed E-state index contributed by atoms with van der Waals surface area (Å²) in [4.78, 5) is 30.3. The number of hydrogen-bond donors (Lipinski definition) is 4. The Balaban J connectivity index is 1.11. The Labute approximate surface area is 276 Å². The summed E-state index contributed by atoms with van der Waals surface area (Å²) in [6.45, 7) is 0. The Morgan fingerprint density at radius 2 is 0.587 bits per heavy atom. The highest BCUT2D eigenvalue weighted by Crippen LogP contribution is 2.40. The Hall–Kier alpha value is -2.78. The minimum atomic E-state index is 0.266. The topological polar surface area (TPSA) is 125 Å². The molecule has 46 heavy (non-hydrogen) atoms. The lowest BCUT2D eigenvalue weighted by molar-refractivity contribution is 0.370. The Morgan fingerprint density at radius 3 is 0.870 bits per heavy atom. The molecule has 0 aromatic carbocycles. The zero-order chi connectivity index (χ0) is 31.0. The fourth-order valence-electron chi connectivity index (χ4n) is 8.78. The Bertz CT molecular complexity index is 1060. The predicted molar refractivity (Wildman–Crippen MR) is 186 cm³/mol. The molecule has 0 bridgehead atoms. The van der Waals surface area contributed by atoms with Crippen LogP contribution in [0.25, 0.3) is 0 Å². The molecule has 0 spiro atoms. The molecule has 2 atom stereocenters. The first-order valence-corrected chi connectivity index (χ1v) is 19.3. The zero-order valence-electron chi connectivity index (χ0n) is 28.1. The van der Waals surface area contributed by atoms with Crippen molar-refractivity contribution in [3.8, 4) is 0 Å². The fraction of sp³-hybridized carbons (Fsp3) is 0.833. The molecule has 2 unspecified atom stereocenters. The summed E-state index contributed by atoms with van der Waals surface area (Å²) in [6.07, 6.45) is 29.5. The van der Waals surface area contributed by atoms with Crippen molar-refractivity contribution in [3.63, 3.8) is 0 Å². The molecule has 0 amide bonds. The second-order valence-corrected chi connectivity index (χ2v) is 15.2. The van der Waals surface area contributed by atoms with Crippen LogP contribution in [0.4, 0.5) is 23.8 Å². The van der Waals surface area contributed by atoms with Crippen LogP contribution < -0.4 is 21.3 Å². The van der Waals surface area contributed by atoms with Gasteiger partial charge in [0.15, 0.2) is 0 Å². The van der Waals surface area contributed by atoms with Gasteiger partial charge in [0.1, 0.15) is 11.6 Å². The van der Waals surface area contributed by atoms with Crippen LogP contribution in [0.3, 0.4) is 0 Å². The largest absolute Gasteiger partial charge is 0.351 e. The van der Waals surface area contributed by atoms with E-state index in [0.29, 0.717) is 24.2 Å². The van der Waals surface area contributed by atoms with Crippen LogP contribution in [0.15, 0.2) is 0 Å². The van der Waals surface area contributed by atoms with Gasteiger partial charge in [0.2, 0.25) is 23.8 Å². The van der Waals surface area contributed by atoms with E-state index in [9.17, 15) is 0 Å². The maximum Gasteiger partial charge on any atom is 0.227 e. The second-order valence-electron chi connectivity index (χ2n) is 15.2. The van der Waals surface area contributed by atoms with Crippen LogP contribution in [0.5, 0.6) is 0 Å². The van der Waals surface area contributed by atoms with Crippen molar-refractivity contribution >= 4 is 23.8 Å². The number of aromatic nitrogens is 6.